The van der Waals surface area contributed by atoms with Gasteiger partial charge in [-0.05, 0) is 19.3 Å². The summed E-state index contributed by atoms with van der Waals surface area (Å²) >= 11 is 0. The van der Waals surface area contributed by atoms with Gasteiger partial charge in [0.2, 0.25) is 0 Å². The fourth-order valence-electron chi connectivity index (χ4n) is 2.90. The molecule has 0 aromatic rings. The summed E-state index contributed by atoms with van der Waals surface area (Å²) < 4.78 is 5.75. The minimum atomic E-state index is -0.818. The SMILES string of the molecule is CC[C@H](O)/C=C/[C@H](O)[C@@H]1C[C@H](O)[C@H](CCCCCCCC(=O)O)O1. The Morgan fingerprint density at radius 1 is 1.17 bits per heavy atom. The van der Waals surface area contributed by atoms with Crippen molar-refractivity contribution < 1.29 is 30.0 Å². The highest BCUT2D eigenvalue weighted by Gasteiger charge is 2.36. The molecule has 0 amide bonds. The maximum absolute atomic E-state index is 10.4. The average Bonchev–Trinajstić information content (AvgIpc) is 2.92. The van der Waals surface area contributed by atoms with Gasteiger partial charge in [-0.25, -0.2) is 0 Å². The molecule has 24 heavy (non-hydrogen) atoms. The first-order valence-electron chi connectivity index (χ1n) is 9.03. The van der Waals surface area contributed by atoms with E-state index in [2.05, 4.69) is 0 Å². The Kier molecular flexibility index (Phi) is 10.2. The van der Waals surface area contributed by atoms with Crippen LogP contribution in [0.4, 0.5) is 0 Å². The second kappa shape index (κ2) is 11.6. The molecular weight excluding hydrogens is 312 g/mol. The number of carbonyl (C=O) groups is 1. The summed E-state index contributed by atoms with van der Waals surface area (Å²) in [6.45, 7) is 1.86. The molecule has 0 aromatic heterocycles. The van der Waals surface area contributed by atoms with Gasteiger partial charge in [-0.15, -0.1) is 0 Å². The number of aliphatic carboxylic acids is 1. The molecule has 1 aliphatic heterocycles. The maximum Gasteiger partial charge on any atom is 0.303 e. The van der Waals surface area contributed by atoms with Crippen molar-refractivity contribution in [3.8, 4) is 0 Å². The van der Waals surface area contributed by atoms with Crippen LogP contribution in [0.25, 0.3) is 0 Å². The van der Waals surface area contributed by atoms with Crippen LogP contribution in [0.1, 0.15) is 64.7 Å². The fraction of sp³-hybridized carbons (Fsp3) is 0.833. The van der Waals surface area contributed by atoms with Crippen LogP contribution in [0.2, 0.25) is 0 Å². The van der Waals surface area contributed by atoms with E-state index in [1.165, 1.54) is 6.08 Å². The van der Waals surface area contributed by atoms with Gasteiger partial charge in [0.15, 0.2) is 0 Å². The van der Waals surface area contributed by atoms with E-state index in [1.54, 1.807) is 6.08 Å². The van der Waals surface area contributed by atoms with E-state index in [4.69, 9.17) is 9.84 Å². The summed E-state index contributed by atoms with van der Waals surface area (Å²) in [5.74, 6) is -0.748. The second-order valence-corrected chi connectivity index (χ2v) is 6.57. The minimum absolute atomic E-state index is 0.226. The number of ether oxygens (including phenoxy) is 1. The lowest BCUT2D eigenvalue weighted by Gasteiger charge is -2.17. The second-order valence-electron chi connectivity index (χ2n) is 6.57. The zero-order valence-electron chi connectivity index (χ0n) is 14.5. The van der Waals surface area contributed by atoms with E-state index in [0.717, 1.165) is 32.1 Å². The quantitative estimate of drug-likeness (QED) is 0.319. The van der Waals surface area contributed by atoms with Crippen LogP contribution in [-0.2, 0) is 9.53 Å². The summed E-state index contributed by atoms with van der Waals surface area (Å²) in [7, 11) is 0. The van der Waals surface area contributed by atoms with Gasteiger partial charge in [0.05, 0.1) is 30.5 Å². The Labute approximate surface area is 144 Å². The third-order valence-corrected chi connectivity index (χ3v) is 4.46. The molecule has 6 heteroatoms. The minimum Gasteiger partial charge on any atom is -0.481 e. The van der Waals surface area contributed by atoms with Gasteiger partial charge in [-0.3, -0.25) is 4.79 Å². The molecule has 0 unspecified atom stereocenters. The summed E-state index contributed by atoms with van der Waals surface area (Å²) in [6, 6.07) is 0. The normalized spacial score (nSPS) is 26.8. The first-order chi connectivity index (χ1) is 11.4. The highest BCUT2D eigenvalue weighted by atomic mass is 16.5. The molecule has 0 saturated carbocycles. The van der Waals surface area contributed by atoms with Crippen molar-refractivity contribution in [1.29, 1.82) is 0 Å². The standard InChI is InChI=1S/C18H32O6/c1-2-13(19)10-11-14(20)17-12-15(21)16(24-17)8-6-4-3-5-7-9-18(22)23/h10-11,13-17,19-21H,2-9,12H2,1H3,(H,22,23)/b11-10+/t13-,14-,15-,16-,17-/m0/s1. The molecule has 1 aliphatic rings. The van der Waals surface area contributed by atoms with Gasteiger partial charge in [-0.1, -0.05) is 44.8 Å². The van der Waals surface area contributed by atoms with Crippen LogP contribution in [0.3, 0.4) is 0 Å². The van der Waals surface area contributed by atoms with Crippen molar-refractivity contribution in [3.05, 3.63) is 12.2 Å². The Hall–Kier alpha value is -0.950. The molecule has 1 saturated heterocycles. The van der Waals surface area contributed by atoms with Gasteiger partial charge in [0.1, 0.15) is 0 Å². The van der Waals surface area contributed by atoms with Crippen LogP contribution in [0, 0.1) is 0 Å². The third kappa shape index (κ3) is 8.24. The third-order valence-electron chi connectivity index (χ3n) is 4.46. The molecule has 1 heterocycles. The van der Waals surface area contributed by atoms with Gasteiger partial charge in [-0.2, -0.15) is 0 Å². The number of rotatable bonds is 12. The van der Waals surface area contributed by atoms with E-state index in [0.29, 0.717) is 19.3 Å². The first-order valence-corrected chi connectivity index (χ1v) is 9.03. The van der Waals surface area contributed by atoms with Gasteiger partial charge < -0.3 is 25.2 Å². The van der Waals surface area contributed by atoms with Crippen LogP contribution in [0.5, 0.6) is 0 Å². The summed E-state index contributed by atoms with van der Waals surface area (Å²) in [5.41, 5.74) is 0. The zero-order chi connectivity index (χ0) is 17.9. The molecular formula is C18H32O6. The number of aliphatic hydroxyl groups is 3. The van der Waals surface area contributed by atoms with E-state index in [-0.39, 0.29) is 12.5 Å². The highest BCUT2D eigenvalue weighted by Crippen LogP contribution is 2.27. The van der Waals surface area contributed by atoms with Crippen molar-refractivity contribution in [3.63, 3.8) is 0 Å². The zero-order valence-corrected chi connectivity index (χ0v) is 14.5. The van der Waals surface area contributed by atoms with Gasteiger partial charge in [0.25, 0.3) is 0 Å². The van der Waals surface area contributed by atoms with E-state index < -0.39 is 30.4 Å². The lowest BCUT2D eigenvalue weighted by atomic mass is 10.0. The molecule has 4 N–H and O–H groups in total. The molecule has 1 fully saturated rings. The molecule has 1 rings (SSSR count). The summed E-state index contributed by atoms with van der Waals surface area (Å²) in [4.78, 5) is 10.4. The summed E-state index contributed by atoms with van der Waals surface area (Å²) in [6.07, 6.45) is 6.93. The van der Waals surface area contributed by atoms with Crippen molar-refractivity contribution in [2.75, 3.05) is 0 Å². The van der Waals surface area contributed by atoms with E-state index in [9.17, 15) is 20.1 Å². The molecule has 0 bridgehead atoms. The molecule has 0 spiro atoms. The number of aliphatic hydroxyl groups excluding tert-OH is 3. The Bertz CT molecular complexity index is 384. The number of hydrogen-bond donors (Lipinski definition) is 4. The van der Waals surface area contributed by atoms with Crippen molar-refractivity contribution >= 4 is 5.97 Å². The van der Waals surface area contributed by atoms with Crippen LogP contribution in [0.15, 0.2) is 12.2 Å². The largest absolute Gasteiger partial charge is 0.481 e. The number of carboxylic acids is 1. The maximum atomic E-state index is 10.4. The van der Waals surface area contributed by atoms with Crippen LogP contribution >= 0.6 is 0 Å². The Morgan fingerprint density at radius 2 is 1.83 bits per heavy atom. The topological polar surface area (TPSA) is 107 Å². The fourth-order valence-corrected chi connectivity index (χ4v) is 2.90. The Morgan fingerprint density at radius 3 is 2.50 bits per heavy atom. The monoisotopic (exact) mass is 344 g/mol. The van der Waals surface area contributed by atoms with Crippen molar-refractivity contribution in [1.82, 2.24) is 0 Å². The molecule has 0 aliphatic carbocycles. The predicted molar refractivity (Wildman–Crippen MR) is 90.7 cm³/mol. The Balaban J connectivity index is 2.19. The summed E-state index contributed by atoms with van der Waals surface area (Å²) in [5, 5.41) is 38.1. The molecule has 5 atom stereocenters. The number of hydrogen-bond acceptors (Lipinski definition) is 5. The molecule has 140 valence electrons. The van der Waals surface area contributed by atoms with Crippen LogP contribution < -0.4 is 0 Å². The number of unbranched alkanes of at least 4 members (excludes halogenated alkanes) is 4. The van der Waals surface area contributed by atoms with Gasteiger partial charge >= 0.3 is 5.97 Å². The number of carboxylic acid groups (broad SMARTS) is 1. The van der Waals surface area contributed by atoms with Crippen molar-refractivity contribution in [2.24, 2.45) is 0 Å². The smallest absolute Gasteiger partial charge is 0.303 e. The van der Waals surface area contributed by atoms with Gasteiger partial charge in [0, 0.05) is 12.8 Å². The van der Waals surface area contributed by atoms with E-state index >= 15 is 0 Å². The average molecular weight is 344 g/mol. The predicted octanol–water partition coefficient (Wildman–Crippen LogP) is 2.01. The molecule has 6 nitrogen and oxygen atoms in total. The van der Waals surface area contributed by atoms with Crippen molar-refractivity contribution in [2.45, 2.75) is 95.2 Å². The van der Waals surface area contributed by atoms with Crippen LogP contribution in [-0.4, -0.2) is 56.9 Å². The first kappa shape index (κ1) is 21.1. The highest BCUT2D eigenvalue weighted by molar-refractivity contribution is 5.66. The van der Waals surface area contributed by atoms with E-state index in [1.807, 2.05) is 6.92 Å². The lowest BCUT2D eigenvalue weighted by Crippen LogP contribution is -2.25. The molecule has 0 aromatic carbocycles. The lowest BCUT2D eigenvalue weighted by molar-refractivity contribution is -0.137. The molecule has 0 radical (unpaired) electrons.